The molecular weight excluding hydrogens is 312 g/mol. The maximum atomic E-state index is 12.1. The summed E-state index contributed by atoms with van der Waals surface area (Å²) in [5.41, 5.74) is 10.8. The van der Waals surface area contributed by atoms with Crippen LogP contribution < -0.4 is 22.1 Å². The van der Waals surface area contributed by atoms with Gasteiger partial charge in [-0.1, -0.05) is 0 Å². The summed E-state index contributed by atoms with van der Waals surface area (Å²) in [6.45, 7) is 1.58. The predicted octanol–water partition coefficient (Wildman–Crippen LogP) is -2.58. The third-order valence-corrected chi connectivity index (χ3v) is 3.30. The molecule has 128 valence electrons. The average molecular weight is 336 g/mol. The molecule has 0 saturated heterocycles. The summed E-state index contributed by atoms with van der Waals surface area (Å²) in [6.07, 6.45) is -0.665. The Morgan fingerprint density at radius 3 is 2.23 bits per heavy atom. The third-order valence-electron chi connectivity index (χ3n) is 2.91. The van der Waals surface area contributed by atoms with Crippen LogP contribution >= 0.6 is 12.6 Å². The van der Waals surface area contributed by atoms with Crippen LogP contribution in [0.3, 0.4) is 0 Å². The fraction of sp³-hybridized carbons (Fsp3) is 0.750. The second-order valence-corrected chi connectivity index (χ2v) is 5.21. The van der Waals surface area contributed by atoms with Crippen molar-refractivity contribution < 1.29 is 24.6 Å². The van der Waals surface area contributed by atoms with Crippen molar-refractivity contribution in [3.05, 3.63) is 0 Å². The Balaban J connectivity index is 4.83. The molecule has 2 amide bonds. The van der Waals surface area contributed by atoms with E-state index in [2.05, 4.69) is 23.3 Å². The zero-order valence-electron chi connectivity index (χ0n) is 12.4. The Morgan fingerprint density at radius 2 is 1.82 bits per heavy atom. The molecule has 0 radical (unpaired) electrons. The van der Waals surface area contributed by atoms with Crippen molar-refractivity contribution in [1.29, 1.82) is 0 Å². The molecule has 0 fully saturated rings. The van der Waals surface area contributed by atoms with Crippen molar-refractivity contribution in [3.8, 4) is 0 Å². The molecule has 0 aliphatic carbocycles. The number of amides is 2. The molecule has 9 nitrogen and oxygen atoms in total. The summed E-state index contributed by atoms with van der Waals surface area (Å²) in [4.78, 5) is 34.8. The highest BCUT2D eigenvalue weighted by Gasteiger charge is 2.30. The molecule has 0 saturated carbocycles. The van der Waals surface area contributed by atoms with E-state index in [1.54, 1.807) is 0 Å². The molecule has 10 heteroatoms. The number of carbonyl (C=O) groups is 3. The minimum Gasteiger partial charge on any atom is -0.480 e. The standard InChI is InChI=1S/C12H24N4O5S/c1-6(17)9(16-10(18)7(14)5-22)11(19)15-8(12(20)21)3-2-4-13/h6-9,17,22H,2-5,13-14H2,1H3,(H,15,19)(H,16,18)(H,20,21)/t6-,7+,8+,9+/m1/s1. The van der Waals surface area contributed by atoms with Crippen LogP contribution in [0, 0.1) is 0 Å². The number of rotatable bonds is 10. The molecule has 8 N–H and O–H groups in total. The summed E-state index contributed by atoms with van der Waals surface area (Å²) in [5.74, 6) is -2.62. The second kappa shape index (κ2) is 10.4. The van der Waals surface area contributed by atoms with E-state index < -0.39 is 42.0 Å². The van der Waals surface area contributed by atoms with Gasteiger partial charge in [0, 0.05) is 5.75 Å². The van der Waals surface area contributed by atoms with Crippen LogP contribution in [0.2, 0.25) is 0 Å². The molecule has 22 heavy (non-hydrogen) atoms. The number of hydrogen-bond donors (Lipinski definition) is 7. The number of nitrogens with two attached hydrogens (primary N) is 2. The summed E-state index contributed by atoms with van der Waals surface area (Å²) < 4.78 is 0. The second-order valence-electron chi connectivity index (χ2n) is 4.85. The molecule has 0 rings (SSSR count). The lowest BCUT2D eigenvalue weighted by molar-refractivity contribution is -0.143. The van der Waals surface area contributed by atoms with Crippen molar-refractivity contribution in [2.24, 2.45) is 11.5 Å². The fourth-order valence-corrected chi connectivity index (χ4v) is 1.76. The molecular formula is C12H24N4O5S. The van der Waals surface area contributed by atoms with Crippen molar-refractivity contribution in [2.75, 3.05) is 12.3 Å². The molecule has 4 atom stereocenters. The van der Waals surface area contributed by atoms with Gasteiger partial charge in [-0.15, -0.1) is 0 Å². The first-order valence-corrected chi connectivity index (χ1v) is 7.45. The van der Waals surface area contributed by atoms with Gasteiger partial charge in [0.1, 0.15) is 12.1 Å². The van der Waals surface area contributed by atoms with Gasteiger partial charge in [-0.05, 0) is 26.3 Å². The fourth-order valence-electron chi connectivity index (χ4n) is 1.59. The number of carbonyl (C=O) groups excluding carboxylic acids is 2. The van der Waals surface area contributed by atoms with Crippen LogP contribution in [0.25, 0.3) is 0 Å². The Morgan fingerprint density at radius 1 is 1.23 bits per heavy atom. The monoisotopic (exact) mass is 336 g/mol. The van der Waals surface area contributed by atoms with Crippen molar-refractivity contribution in [3.63, 3.8) is 0 Å². The van der Waals surface area contributed by atoms with E-state index >= 15 is 0 Å². The lowest BCUT2D eigenvalue weighted by atomic mass is 10.1. The highest BCUT2D eigenvalue weighted by molar-refractivity contribution is 7.80. The van der Waals surface area contributed by atoms with E-state index in [9.17, 15) is 19.5 Å². The summed E-state index contributed by atoms with van der Waals surface area (Å²) in [6, 6.07) is -3.39. The predicted molar refractivity (Wildman–Crippen MR) is 83.3 cm³/mol. The van der Waals surface area contributed by atoms with Crippen LogP contribution in [0.15, 0.2) is 0 Å². The van der Waals surface area contributed by atoms with Crippen LogP contribution in [0.4, 0.5) is 0 Å². The average Bonchev–Trinajstić information content (AvgIpc) is 2.46. The van der Waals surface area contributed by atoms with Crippen molar-refractivity contribution in [1.82, 2.24) is 10.6 Å². The van der Waals surface area contributed by atoms with Crippen molar-refractivity contribution >= 4 is 30.4 Å². The zero-order chi connectivity index (χ0) is 17.3. The maximum Gasteiger partial charge on any atom is 0.326 e. The largest absolute Gasteiger partial charge is 0.480 e. The number of aliphatic hydroxyl groups excluding tert-OH is 1. The highest BCUT2D eigenvalue weighted by atomic mass is 32.1. The Bertz CT molecular complexity index is 394. The first kappa shape index (κ1) is 20.6. The van der Waals surface area contributed by atoms with Gasteiger partial charge in [0.05, 0.1) is 12.1 Å². The van der Waals surface area contributed by atoms with Gasteiger partial charge in [0.25, 0.3) is 0 Å². The highest BCUT2D eigenvalue weighted by Crippen LogP contribution is 2.01. The van der Waals surface area contributed by atoms with E-state index in [-0.39, 0.29) is 18.7 Å². The van der Waals surface area contributed by atoms with E-state index in [1.807, 2.05) is 0 Å². The normalized spacial score (nSPS) is 16.2. The van der Waals surface area contributed by atoms with Gasteiger partial charge in [0.15, 0.2) is 0 Å². The SMILES string of the molecule is C[C@@H](O)[C@H](NC(=O)[C@@H](N)CS)C(=O)N[C@@H](CCCN)C(=O)O. The Kier molecular flexibility index (Phi) is 9.74. The van der Waals surface area contributed by atoms with Gasteiger partial charge in [-0.2, -0.15) is 12.6 Å². The Hall–Kier alpha value is -1.36. The van der Waals surface area contributed by atoms with Crippen LogP contribution in [0.1, 0.15) is 19.8 Å². The maximum absolute atomic E-state index is 12.1. The molecule has 0 spiro atoms. The number of aliphatic carboxylic acids is 1. The number of carboxylic acid groups (broad SMARTS) is 1. The van der Waals surface area contributed by atoms with Crippen LogP contribution in [-0.4, -0.2) is 64.5 Å². The number of nitrogens with one attached hydrogen (secondary N) is 2. The smallest absolute Gasteiger partial charge is 0.326 e. The molecule has 0 aromatic rings. The van der Waals surface area contributed by atoms with Gasteiger partial charge >= 0.3 is 5.97 Å². The summed E-state index contributed by atoms with van der Waals surface area (Å²) in [7, 11) is 0. The molecule has 0 aliphatic rings. The molecule has 0 aromatic heterocycles. The summed E-state index contributed by atoms with van der Waals surface area (Å²) >= 11 is 3.86. The lowest BCUT2D eigenvalue weighted by Crippen LogP contribution is -2.58. The first-order valence-electron chi connectivity index (χ1n) is 6.82. The minimum absolute atomic E-state index is 0.0637. The third kappa shape index (κ3) is 7.07. The number of thiol groups is 1. The first-order chi connectivity index (χ1) is 10.2. The van der Waals surface area contributed by atoms with Gasteiger partial charge < -0.3 is 32.3 Å². The molecule has 0 unspecified atom stereocenters. The Labute approximate surface area is 134 Å². The molecule has 0 bridgehead atoms. The van der Waals surface area contributed by atoms with Crippen LogP contribution in [0.5, 0.6) is 0 Å². The van der Waals surface area contributed by atoms with Gasteiger partial charge in [0.2, 0.25) is 11.8 Å². The van der Waals surface area contributed by atoms with E-state index in [0.717, 1.165) is 0 Å². The van der Waals surface area contributed by atoms with Crippen molar-refractivity contribution in [2.45, 2.75) is 44.0 Å². The van der Waals surface area contributed by atoms with E-state index in [1.165, 1.54) is 6.92 Å². The number of hydrogen-bond acceptors (Lipinski definition) is 7. The molecule has 0 aliphatic heterocycles. The van der Waals surface area contributed by atoms with E-state index in [0.29, 0.717) is 6.42 Å². The molecule has 0 aromatic carbocycles. The van der Waals surface area contributed by atoms with Crippen LogP contribution in [-0.2, 0) is 14.4 Å². The summed E-state index contributed by atoms with van der Waals surface area (Å²) in [5, 5.41) is 23.2. The topological polar surface area (TPSA) is 168 Å². The van der Waals surface area contributed by atoms with E-state index in [4.69, 9.17) is 16.6 Å². The molecule has 0 heterocycles. The van der Waals surface area contributed by atoms with Gasteiger partial charge in [-0.3, -0.25) is 9.59 Å². The zero-order valence-corrected chi connectivity index (χ0v) is 13.3. The number of aliphatic hydroxyl groups is 1. The lowest BCUT2D eigenvalue weighted by Gasteiger charge is -2.24. The minimum atomic E-state index is -1.31. The quantitative estimate of drug-likeness (QED) is 0.215. The number of carboxylic acids is 1. The van der Waals surface area contributed by atoms with Gasteiger partial charge in [-0.25, -0.2) is 4.79 Å².